The molecule has 9 heteroatoms. The summed E-state index contributed by atoms with van der Waals surface area (Å²) in [5.41, 5.74) is 1.51. The van der Waals surface area contributed by atoms with Gasteiger partial charge in [0, 0.05) is 29.7 Å². The number of sulfone groups is 1. The van der Waals surface area contributed by atoms with Gasteiger partial charge in [0.05, 0.1) is 16.0 Å². The molecular formula is C25H23N3O5S. The van der Waals surface area contributed by atoms with Crippen LogP contribution in [0.1, 0.15) is 40.3 Å². The molecule has 2 aromatic carbocycles. The molecule has 2 N–H and O–H groups in total. The number of furan rings is 1. The zero-order valence-corrected chi connectivity index (χ0v) is 19.4. The number of nitrogens with one attached hydrogen (secondary N) is 2. The summed E-state index contributed by atoms with van der Waals surface area (Å²) in [5.74, 6) is -0.549. The van der Waals surface area contributed by atoms with Crippen molar-refractivity contribution in [1.82, 2.24) is 15.6 Å². The summed E-state index contributed by atoms with van der Waals surface area (Å²) < 4.78 is 31.6. The first-order chi connectivity index (χ1) is 16.2. The molecule has 0 saturated carbocycles. The maximum absolute atomic E-state index is 13.1. The number of pyridine rings is 1. The summed E-state index contributed by atoms with van der Waals surface area (Å²) in [6.45, 7) is 3.85. The number of hydrogen-bond acceptors (Lipinski definition) is 6. The molecular weight excluding hydrogens is 454 g/mol. The molecule has 34 heavy (non-hydrogen) atoms. The molecule has 0 fully saturated rings. The van der Waals surface area contributed by atoms with E-state index in [2.05, 4.69) is 15.6 Å². The topological polar surface area (TPSA) is 118 Å². The minimum absolute atomic E-state index is 0.0318. The molecule has 174 valence electrons. The zero-order chi connectivity index (χ0) is 24.3. The lowest BCUT2D eigenvalue weighted by Gasteiger charge is -2.10. The molecule has 2 heterocycles. The Morgan fingerprint density at radius 1 is 0.971 bits per heavy atom. The molecule has 2 amide bonds. The van der Waals surface area contributed by atoms with Crippen LogP contribution in [-0.2, 0) is 16.4 Å². The molecule has 8 nitrogen and oxygen atoms in total. The number of hydrogen-bond donors (Lipinski definition) is 2. The van der Waals surface area contributed by atoms with Gasteiger partial charge in [0.15, 0.2) is 11.3 Å². The van der Waals surface area contributed by atoms with E-state index >= 15 is 0 Å². The Hall–Kier alpha value is -3.98. The number of benzene rings is 2. The molecule has 4 rings (SSSR count). The number of rotatable bonds is 7. The van der Waals surface area contributed by atoms with Crippen LogP contribution in [0.4, 0.5) is 0 Å². The second-order valence-electron chi connectivity index (χ2n) is 8.01. The Kier molecular flexibility index (Phi) is 6.47. The van der Waals surface area contributed by atoms with Gasteiger partial charge in [0.2, 0.25) is 9.84 Å². The van der Waals surface area contributed by atoms with Crippen LogP contribution in [0.2, 0.25) is 0 Å². The molecule has 4 aromatic rings. The highest BCUT2D eigenvalue weighted by atomic mass is 32.2. The van der Waals surface area contributed by atoms with Crippen molar-refractivity contribution in [3.05, 3.63) is 89.9 Å². The fourth-order valence-electron chi connectivity index (χ4n) is 3.34. The number of amides is 2. The van der Waals surface area contributed by atoms with Gasteiger partial charge >= 0.3 is 0 Å². The Morgan fingerprint density at radius 2 is 1.74 bits per heavy atom. The number of nitrogens with zero attached hydrogens (tertiary/aromatic N) is 1. The van der Waals surface area contributed by atoms with E-state index in [0.29, 0.717) is 5.58 Å². The van der Waals surface area contributed by atoms with Crippen LogP contribution < -0.4 is 10.6 Å². The van der Waals surface area contributed by atoms with Gasteiger partial charge in [-0.2, -0.15) is 0 Å². The molecule has 0 aliphatic carbocycles. The molecule has 0 radical (unpaired) electrons. The Labute approximate surface area is 196 Å². The summed E-state index contributed by atoms with van der Waals surface area (Å²) in [5, 5.41) is 6.28. The van der Waals surface area contributed by atoms with Crippen LogP contribution in [0.15, 0.2) is 87.3 Å². The van der Waals surface area contributed by atoms with E-state index in [9.17, 15) is 18.0 Å². The standard InChI is InChI=1S/C25H23N3O5S/c1-16(2)28-24(29)19-4-3-5-21(12-19)34(31,32)20-8-6-17(7-9-20)14-27-25(30)22-13-18-10-11-26-15-23(18)33-22/h3-13,15-16H,14H2,1-2H3,(H,27,30)(H,28,29). The largest absolute Gasteiger partial charge is 0.449 e. The van der Waals surface area contributed by atoms with Crippen LogP contribution in [0.25, 0.3) is 11.0 Å². The third-order valence-corrected chi connectivity index (χ3v) is 6.83. The van der Waals surface area contributed by atoms with E-state index in [-0.39, 0.29) is 45.5 Å². The predicted octanol–water partition coefficient (Wildman–Crippen LogP) is 3.73. The average Bonchev–Trinajstić information content (AvgIpc) is 3.27. The SMILES string of the molecule is CC(C)NC(=O)c1cccc(S(=O)(=O)c2ccc(CNC(=O)c3cc4ccncc4o3)cc2)c1. The molecule has 0 saturated heterocycles. The lowest BCUT2D eigenvalue weighted by Crippen LogP contribution is -2.30. The maximum Gasteiger partial charge on any atom is 0.287 e. The zero-order valence-electron chi connectivity index (χ0n) is 18.6. The van der Waals surface area contributed by atoms with Crippen molar-refractivity contribution in [1.29, 1.82) is 0 Å². The number of carbonyl (C=O) groups is 2. The summed E-state index contributed by atoms with van der Waals surface area (Å²) in [6.07, 6.45) is 3.16. The lowest BCUT2D eigenvalue weighted by atomic mass is 10.2. The average molecular weight is 478 g/mol. The van der Waals surface area contributed by atoms with Gasteiger partial charge < -0.3 is 15.1 Å². The third kappa shape index (κ3) is 4.99. The van der Waals surface area contributed by atoms with Crippen molar-refractivity contribution in [3.63, 3.8) is 0 Å². The normalized spacial score (nSPS) is 11.5. The molecule has 0 atom stereocenters. The minimum Gasteiger partial charge on any atom is -0.449 e. The van der Waals surface area contributed by atoms with Gasteiger partial charge in [0.1, 0.15) is 0 Å². The van der Waals surface area contributed by atoms with Gasteiger partial charge in [-0.3, -0.25) is 14.6 Å². The second-order valence-corrected chi connectivity index (χ2v) is 9.96. The first kappa shape index (κ1) is 23.2. The molecule has 0 aliphatic rings. The number of fused-ring (bicyclic) bond motifs is 1. The molecule has 0 aliphatic heterocycles. The van der Waals surface area contributed by atoms with Crippen molar-refractivity contribution in [2.45, 2.75) is 36.2 Å². The van der Waals surface area contributed by atoms with E-state index in [1.807, 2.05) is 13.8 Å². The van der Waals surface area contributed by atoms with Gasteiger partial charge in [0.25, 0.3) is 11.8 Å². The Balaban J connectivity index is 1.45. The van der Waals surface area contributed by atoms with Crippen LogP contribution in [-0.4, -0.2) is 31.3 Å². The smallest absolute Gasteiger partial charge is 0.287 e. The van der Waals surface area contributed by atoms with Crippen LogP contribution in [0.3, 0.4) is 0 Å². The summed E-state index contributed by atoms with van der Waals surface area (Å²) in [6, 6.07) is 15.5. The molecule has 0 unspecified atom stereocenters. The lowest BCUT2D eigenvalue weighted by molar-refractivity contribution is 0.0922. The van der Waals surface area contributed by atoms with E-state index < -0.39 is 9.84 Å². The fourth-order valence-corrected chi connectivity index (χ4v) is 4.64. The van der Waals surface area contributed by atoms with E-state index in [1.165, 1.54) is 30.5 Å². The van der Waals surface area contributed by atoms with Crippen molar-refractivity contribution in [2.24, 2.45) is 0 Å². The molecule has 2 aromatic heterocycles. The third-order valence-electron chi connectivity index (χ3n) is 5.06. The van der Waals surface area contributed by atoms with Crippen molar-refractivity contribution < 1.29 is 22.4 Å². The summed E-state index contributed by atoms with van der Waals surface area (Å²) in [7, 11) is -3.82. The fraction of sp³-hybridized carbons (Fsp3) is 0.160. The molecule has 0 spiro atoms. The summed E-state index contributed by atoms with van der Waals surface area (Å²) >= 11 is 0. The van der Waals surface area contributed by atoms with Gasteiger partial charge in [-0.05, 0) is 61.9 Å². The first-order valence-corrected chi connectivity index (χ1v) is 12.1. The van der Waals surface area contributed by atoms with E-state index in [0.717, 1.165) is 10.9 Å². The highest BCUT2D eigenvalue weighted by Crippen LogP contribution is 2.22. The highest BCUT2D eigenvalue weighted by Gasteiger charge is 2.20. The van der Waals surface area contributed by atoms with E-state index in [4.69, 9.17) is 4.42 Å². The quantitative estimate of drug-likeness (QED) is 0.419. The van der Waals surface area contributed by atoms with E-state index in [1.54, 1.807) is 42.6 Å². The Morgan fingerprint density at radius 3 is 2.44 bits per heavy atom. The Bertz CT molecular complexity index is 1420. The van der Waals surface area contributed by atoms with Crippen LogP contribution >= 0.6 is 0 Å². The van der Waals surface area contributed by atoms with Crippen LogP contribution in [0, 0.1) is 0 Å². The van der Waals surface area contributed by atoms with Crippen molar-refractivity contribution in [3.8, 4) is 0 Å². The maximum atomic E-state index is 13.1. The first-order valence-electron chi connectivity index (χ1n) is 10.6. The number of aromatic nitrogens is 1. The van der Waals surface area contributed by atoms with Gasteiger partial charge in [-0.25, -0.2) is 8.42 Å². The van der Waals surface area contributed by atoms with Crippen molar-refractivity contribution >= 4 is 32.6 Å². The highest BCUT2D eigenvalue weighted by molar-refractivity contribution is 7.91. The summed E-state index contributed by atoms with van der Waals surface area (Å²) in [4.78, 5) is 28.7. The van der Waals surface area contributed by atoms with Crippen molar-refractivity contribution in [2.75, 3.05) is 0 Å². The van der Waals surface area contributed by atoms with Gasteiger partial charge in [-0.15, -0.1) is 0 Å². The second kappa shape index (κ2) is 9.48. The number of carbonyl (C=O) groups excluding carboxylic acids is 2. The monoisotopic (exact) mass is 477 g/mol. The van der Waals surface area contributed by atoms with Crippen LogP contribution in [0.5, 0.6) is 0 Å². The van der Waals surface area contributed by atoms with Gasteiger partial charge in [-0.1, -0.05) is 18.2 Å². The predicted molar refractivity (Wildman–Crippen MR) is 126 cm³/mol. The minimum atomic E-state index is -3.82. The molecule has 0 bridgehead atoms.